The standard InChI is InChI=1S/C7H10O3/c1-5-4-10-6(3-8)2-7(5)9/h4,6,8H,2-3H2,1H3. The number of aliphatic hydroxyl groups excluding tert-OH is 1. The molecular formula is C7H10O3. The first-order valence-corrected chi connectivity index (χ1v) is 3.20. The van der Waals surface area contributed by atoms with E-state index in [-0.39, 0.29) is 18.5 Å². The Morgan fingerprint density at radius 1 is 1.90 bits per heavy atom. The van der Waals surface area contributed by atoms with Crippen LogP contribution in [0.4, 0.5) is 0 Å². The summed E-state index contributed by atoms with van der Waals surface area (Å²) in [5.74, 6) is 0.0605. The number of carbonyl (C=O) groups is 1. The molecule has 0 radical (unpaired) electrons. The van der Waals surface area contributed by atoms with Crippen molar-refractivity contribution in [2.75, 3.05) is 6.61 Å². The Balaban J connectivity index is 2.59. The number of hydrogen-bond acceptors (Lipinski definition) is 3. The summed E-state index contributed by atoms with van der Waals surface area (Å²) in [6.07, 6.45) is 1.39. The minimum absolute atomic E-state index is 0.0605. The van der Waals surface area contributed by atoms with Crippen LogP contribution in [0.2, 0.25) is 0 Å². The highest BCUT2D eigenvalue weighted by Crippen LogP contribution is 2.12. The van der Waals surface area contributed by atoms with Crippen molar-refractivity contribution in [1.29, 1.82) is 0 Å². The Morgan fingerprint density at radius 3 is 3.10 bits per heavy atom. The Kier molecular flexibility index (Phi) is 2.06. The molecule has 1 aliphatic heterocycles. The Labute approximate surface area is 59.3 Å². The fraction of sp³-hybridized carbons (Fsp3) is 0.571. The van der Waals surface area contributed by atoms with Crippen molar-refractivity contribution in [2.45, 2.75) is 19.4 Å². The van der Waals surface area contributed by atoms with Crippen LogP contribution >= 0.6 is 0 Å². The van der Waals surface area contributed by atoms with E-state index in [1.165, 1.54) is 6.26 Å². The van der Waals surface area contributed by atoms with E-state index in [9.17, 15) is 4.79 Å². The molecule has 1 atom stereocenters. The summed E-state index contributed by atoms with van der Waals surface area (Å²) in [5, 5.41) is 8.59. The van der Waals surface area contributed by atoms with Crippen LogP contribution in [0.1, 0.15) is 13.3 Å². The van der Waals surface area contributed by atoms with Crippen LogP contribution in [0.5, 0.6) is 0 Å². The highest BCUT2D eigenvalue weighted by atomic mass is 16.5. The molecule has 0 saturated heterocycles. The molecule has 1 rings (SSSR count). The normalized spacial score (nSPS) is 25.6. The fourth-order valence-electron chi connectivity index (χ4n) is 0.787. The van der Waals surface area contributed by atoms with Gasteiger partial charge in [-0.05, 0) is 6.92 Å². The van der Waals surface area contributed by atoms with Crippen LogP contribution in [-0.4, -0.2) is 23.6 Å². The molecule has 1 heterocycles. The maximum Gasteiger partial charge on any atom is 0.165 e. The monoisotopic (exact) mass is 142 g/mol. The summed E-state index contributed by atoms with van der Waals surface area (Å²) >= 11 is 0. The second-order valence-corrected chi connectivity index (χ2v) is 2.37. The minimum Gasteiger partial charge on any atom is -0.495 e. The highest BCUT2D eigenvalue weighted by Gasteiger charge is 2.19. The zero-order chi connectivity index (χ0) is 7.56. The first-order valence-electron chi connectivity index (χ1n) is 3.20. The molecule has 1 N–H and O–H groups in total. The van der Waals surface area contributed by atoms with Crippen molar-refractivity contribution < 1.29 is 14.6 Å². The lowest BCUT2D eigenvalue weighted by Gasteiger charge is -2.18. The van der Waals surface area contributed by atoms with Crippen LogP contribution in [-0.2, 0) is 9.53 Å². The van der Waals surface area contributed by atoms with Gasteiger partial charge in [0.25, 0.3) is 0 Å². The van der Waals surface area contributed by atoms with Crippen LogP contribution in [0, 0.1) is 0 Å². The zero-order valence-corrected chi connectivity index (χ0v) is 5.83. The van der Waals surface area contributed by atoms with Gasteiger partial charge in [-0.15, -0.1) is 0 Å². The first-order chi connectivity index (χ1) is 4.74. The van der Waals surface area contributed by atoms with Crippen molar-refractivity contribution in [3.8, 4) is 0 Å². The third-order valence-corrected chi connectivity index (χ3v) is 1.49. The molecule has 0 aromatic carbocycles. The lowest BCUT2D eigenvalue weighted by Crippen LogP contribution is -2.24. The predicted octanol–water partition coefficient (Wildman–Crippen LogP) is 0.240. The van der Waals surface area contributed by atoms with E-state index in [0.717, 1.165) is 0 Å². The average molecular weight is 142 g/mol. The van der Waals surface area contributed by atoms with Crippen LogP contribution in [0.15, 0.2) is 11.8 Å². The van der Waals surface area contributed by atoms with E-state index in [1.807, 2.05) is 0 Å². The predicted molar refractivity (Wildman–Crippen MR) is 35.3 cm³/mol. The van der Waals surface area contributed by atoms with E-state index < -0.39 is 0 Å². The third-order valence-electron chi connectivity index (χ3n) is 1.49. The number of ketones is 1. The molecule has 0 spiro atoms. The van der Waals surface area contributed by atoms with Crippen molar-refractivity contribution in [2.24, 2.45) is 0 Å². The van der Waals surface area contributed by atoms with E-state index in [0.29, 0.717) is 12.0 Å². The maximum absolute atomic E-state index is 10.9. The largest absolute Gasteiger partial charge is 0.495 e. The van der Waals surface area contributed by atoms with Gasteiger partial charge in [0.1, 0.15) is 6.10 Å². The van der Waals surface area contributed by atoms with Gasteiger partial charge < -0.3 is 9.84 Å². The van der Waals surface area contributed by atoms with Gasteiger partial charge in [-0.3, -0.25) is 4.79 Å². The molecule has 0 fully saturated rings. The second-order valence-electron chi connectivity index (χ2n) is 2.37. The fourth-order valence-corrected chi connectivity index (χ4v) is 0.787. The lowest BCUT2D eigenvalue weighted by atomic mass is 10.1. The molecule has 56 valence electrons. The second kappa shape index (κ2) is 2.84. The number of ether oxygens (including phenoxy) is 1. The van der Waals surface area contributed by atoms with E-state index >= 15 is 0 Å². The lowest BCUT2D eigenvalue weighted by molar-refractivity contribution is -0.119. The molecule has 0 amide bonds. The molecule has 0 aromatic heterocycles. The Hall–Kier alpha value is -0.830. The van der Waals surface area contributed by atoms with Crippen LogP contribution in [0.25, 0.3) is 0 Å². The smallest absolute Gasteiger partial charge is 0.165 e. The summed E-state index contributed by atoms with van der Waals surface area (Å²) in [4.78, 5) is 10.9. The molecule has 3 nitrogen and oxygen atoms in total. The molecule has 0 aromatic rings. The van der Waals surface area contributed by atoms with Gasteiger partial charge in [-0.1, -0.05) is 0 Å². The summed E-state index contributed by atoms with van der Waals surface area (Å²) in [6.45, 7) is 1.62. The molecule has 1 unspecified atom stereocenters. The maximum atomic E-state index is 10.9. The van der Waals surface area contributed by atoms with Crippen molar-refractivity contribution in [1.82, 2.24) is 0 Å². The SMILES string of the molecule is CC1=COC(CO)CC1=O. The number of rotatable bonds is 1. The number of allylic oxidation sites excluding steroid dienone is 1. The number of Topliss-reactive ketones (excluding diaryl/α,β-unsaturated/α-hetero) is 1. The molecule has 10 heavy (non-hydrogen) atoms. The van der Waals surface area contributed by atoms with Gasteiger partial charge in [-0.2, -0.15) is 0 Å². The summed E-state index contributed by atoms with van der Waals surface area (Å²) in [7, 11) is 0. The van der Waals surface area contributed by atoms with Crippen LogP contribution < -0.4 is 0 Å². The van der Waals surface area contributed by atoms with Crippen molar-refractivity contribution >= 4 is 5.78 Å². The molecule has 3 heteroatoms. The van der Waals surface area contributed by atoms with Gasteiger partial charge in [-0.25, -0.2) is 0 Å². The molecule has 0 bridgehead atoms. The molecule has 0 aliphatic carbocycles. The highest BCUT2D eigenvalue weighted by molar-refractivity contribution is 5.95. The van der Waals surface area contributed by atoms with Gasteiger partial charge in [0.05, 0.1) is 19.3 Å². The third kappa shape index (κ3) is 1.36. The summed E-state index contributed by atoms with van der Waals surface area (Å²) < 4.78 is 4.98. The summed E-state index contributed by atoms with van der Waals surface area (Å²) in [6, 6.07) is 0. The van der Waals surface area contributed by atoms with E-state index in [1.54, 1.807) is 6.92 Å². The summed E-state index contributed by atoms with van der Waals surface area (Å²) in [5.41, 5.74) is 0.629. The Morgan fingerprint density at radius 2 is 2.60 bits per heavy atom. The average Bonchev–Trinajstić information content (AvgIpc) is 1.95. The van der Waals surface area contributed by atoms with Gasteiger partial charge >= 0.3 is 0 Å². The van der Waals surface area contributed by atoms with E-state index in [4.69, 9.17) is 9.84 Å². The van der Waals surface area contributed by atoms with Gasteiger partial charge in [0.15, 0.2) is 5.78 Å². The van der Waals surface area contributed by atoms with Crippen molar-refractivity contribution in [3.63, 3.8) is 0 Å². The molecule has 1 aliphatic rings. The number of aliphatic hydroxyl groups is 1. The van der Waals surface area contributed by atoms with Gasteiger partial charge in [0, 0.05) is 5.57 Å². The topological polar surface area (TPSA) is 46.5 Å². The van der Waals surface area contributed by atoms with Gasteiger partial charge in [0.2, 0.25) is 0 Å². The minimum atomic E-state index is -0.323. The number of carbonyl (C=O) groups excluding carboxylic acids is 1. The van der Waals surface area contributed by atoms with Crippen molar-refractivity contribution in [3.05, 3.63) is 11.8 Å². The molecule has 0 saturated carbocycles. The number of hydrogen-bond donors (Lipinski definition) is 1. The van der Waals surface area contributed by atoms with Crippen LogP contribution in [0.3, 0.4) is 0 Å². The first kappa shape index (κ1) is 7.28. The quantitative estimate of drug-likeness (QED) is 0.570. The Bertz CT molecular complexity index is 172. The zero-order valence-electron chi connectivity index (χ0n) is 5.83. The van der Waals surface area contributed by atoms with E-state index in [2.05, 4.69) is 0 Å². The molecular weight excluding hydrogens is 132 g/mol.